The normalized spacial score (nSPS) is 10.4. The molecule has 0 aromatic heterocycles. The fourth-order valence-electron chi connectivity index (χ4n) is 2.20. The van der Waals surface area contributed by atoms with Gasteiger partial charge in [0.1, 0.15) is 6.61 Å². The number of carboxylic acid groups (broad SMARTS) is 1. The van der Waals surface area contributed by atoms with Gasteiger partial charge in [0.15, 0.2) is 11.5 Å². The van der Waals surface area contributed by atoms with Crippen LogP contribution in [0, 0.1) is 0 Å². The summed E-state index contributed by atoms with van der Waals surface area (Å²) in [6, 6.07) is 9.95. The molecule has 0 radical (unpaired) electrons. The van der Waals surface area contributed by atoms with E-state index in [2.05, 4.69) is 5.32 Å². The smallest absolute Gasteiger partial charge is 0.335 e. The van der Waals surface area contributed by atoms with E-state index in [-0.39, 0.29) is 18.8 Å². The van der Waals surface area contributed by atoms with Crippen molar-refractivity contribution in [2.24, 2.45) is 0 Å². The second-order valence-corrected chi connectivity index (χ2v) is 5.55. The highest BCUT2D eigenvalue weighted by atomic mass is 35.5. The van der Waals surface area contributed by atoms with Gasteiger partial charge in [-0.25, -0.2) is 4.79 Å². The van der Waals surface area contributed by atoms with Crippen LogP contribution in [0.4, 0.5) is 5.69 Å². The van der Waals surface area contributed by atoms with Crippen molar-refractivity contribution in [1.82, 2.24) is 0 Å². The van der Waals surface area contributed by atoms with Gasteiger partial charge in [0.25, 0.3) is 0 Å². The molecule has 0 saturated carbocycles. The van der Waals surface area contributed by atoms with Gasteiger partial charge in [-0.3, -0.25) is 0 Å². The van der Waals surface area contributed by atoms with Gasteiger partial charge in [-0.1, -0.05) is 17.7 Å². The van der Waals surface area contributed by atoms with Crippen molar-refractivity contribution in [3.05, 3.63) is 52.5 Å². The van der Waals surface area contributed by atoms with E-state index >= 15 is 0 Å². The number of hydrogen-bond acceptors (Lipinski definition) is 5. The zero-order valence-corrected chi connectivity index (χ0v) is 14.5. The topological polar surface area (TPSA) is 88.0 Å². The molecule has 2 aromatic carbocycles. The van der Waals surface area contributed by atoms with Crippen molar-refractivity contribution in [2.45, 2.75) is 13.5 Å². The highest BCUT2D eigenvalue weighted by molar-refractivity contribution is 6.33. The second-order valence-electron chi connectivity index (χ2n) is 5.14. The van der Waals surface area contributed by atoms with Gasteiger partial charge < -0.3 is 25.0 Å². The van der Waals surface area contributed by atoms with Gasteiger partial charge >= 0.3 is 5.97 Å². The van der Waals surface area contributed by atoms with Gasteiger partial charge in [0, 0.05) is 6.54 Å². The van der Waals surface area contributed by atoms with Crippen molar-refractivity contribution in [3.8, 4) is 11.5 Å². The lowest BCUT2D eigenvalue weighted by Gasteiger charge is -2.14. The number of aliphatic hydroxyl groups is 1. The molecule has 0 saturated heterocycles. The molecular weight excluding hydrogens is 346 g/mol. The molecule has 0 heterocycles. The summed E-state index contributed by atoms with van der Waals surface area (Å²) in [6.45, 7) is 2.91. The van der Waals surface area contributed by atoms with Crippen LogP contribution in [0.1, 0.15) is 22.8 Å². The zero-order chi connectivity index (χ0) is 18.2. The lowest BCUT2D eigenvalue weighted by atomic mass is 10.1. The first-order valence-electron chi connectivity index (χ1n) is 7.81. The molecule has 0 bridgehead atoms. The number of carboxylic acids is 1. The predicted octanol–water partition coefficient (Wildman–Crippen LogP) is 3.42. The maximum atomic E-state index is 11.1. The van der Waals surface area contributed by atoms with Crippen molar-refractivity contribution in [2.75, 3.05) is 25.1 Å². The molecule has 134 valence electrons. The second kappa shape index (κ2) is 9.15. The first-order valence-corrected chi connectivity index (χ1v) is 8.19. The van der Waals surface area contributed by atoms with E-state index < -0.39 is 5.97 Å². The first-order chi connectivity index (χ1) is 12.0. The molecule has 3 N–H and O–H groups in total. The van der Waals surface area contributed by atoms with Crippen molar-refractivity contribution in [3.63, 3.8) is 0 Å². The van der Waals surface area contributed by atoms with Crippen LogP contribution in [0.25, 0.3) is 0 Å². The average Bonchev–Trinajstić information content (AvgIpc) is 2.60. The number of benzene rings is 2. The molecule has 2 rings (SSSR count). The Bertz CT molecular complexity index is 735. The van der Waals surface area contributed by atoms with Crippen LogP contribution in [0.2, 0.25) is 5.02 Å². The number of rotatable bonds is 9. The fourth-order valence-corrected chi connectivity index (χ4v) is 2.38. The Labute approximate surface area is 151 Å². The average molecular weight is 366 g/mol. The summed E-state index contributed by atoms with van der Waals surface area (Å²) in [7, 11) is 0. The Morgan fingerprint density at radius 2 is 1.96 bits per heavy atom. The van der Waals surface area contributed by atoms with Crippen LogP contribution in [0.3, 0.4) is 0 Å². The summed E-state index contributed by atoms with van der Waals surface area (Å²) in [5.74, 6) is 0.134. The molecule has 25 heavy (non-hydrogen) atoms. The summed E-state index contributed by atoms with van der Waals surface area (Å²) >= 11 is 6.11. The molecule has 0 spiro atoms. The minimum absolute atomic E-state index is 0.0761. The van der Waals surface area contributed by atoms with E-state index in [0.29, 0.717) is 35.4 Å². The molecule has 0 amide bonds. The summed E-state index contributed by atoms with van der Waals surface area (Å²) < 4.78 is 11.0. The Morgan fingerprint density at radius 3 is 2.64 bits per heavy atom. The molecule has 6 nitrogen and oxygen atoms in total. The van der Waals surface area contributed by atoms with Crippen LogP contribution in [0.5, 0.6) is 11.5 Å². The summed E-state index contributed by atoms with van der Waals surface area (Å²) in [5, 5.41) is 21.5. The number of aromatic carboxylic acids is 1. The van der Waals surface area contributed by atoms with Gasteiger partial charge in [0.05, 0.1) is 29.5 Å². The molecule has 2 aromatic rings. The quantitative estimate of drug-likeness (QED) is 0.631. The Balaban J connectivity index is 2.13. The molecule has 0 unspecified atom stereocenters. The Kier molecular flexibility index (Phi) is 6.91. The van der Waals surface area contributed by atoms with Gasteiger partial charge in [-0.05, 0) is 42.8 Å². The highest BCUT2D eigenvalue weighted by Crippen LogP contribution is 2.29. The summed E-state index contributed by atoms with van der Waals surface area (Å²) in [5.41, 5.74) is 1.62. The van der Waals surface area contributed by atoms with E-state index in [4.69, 9.17) is 31.3 Å². The Morgan fingerprint density at radius 1 is 1.16 bits per heavy atom. The summed E-state index contributed by atoms with van der Waals surface area (Å²) in [4.78, 5) is 11.1. The summed E-state index contributed by atoms with van der Waals surface area (Å²) in [6.07, 6.45) is 0. The van der Waals surface area contributed by atoms with Crippen molar-refractivity contribution >= 4 is 23.3 Å². The molecule has 0 fully saturated rings. The fraction of sp³-hybridized carbons (Fsp3) is 0.278. The maximum absolute atomic E-state index is 11.1. The van der Waals surface area contributed by atoms with Gasteiger partial charge in [-0.2, -0.15) is 0 Å². The molecular formula is C18H20ClNO5. The monoisotopic (exact) mass is 365 g/mol. The van der Waals surface area contributed by atoms with Gasteiger partial charge in [0.2, 0.25) is 0 Å². The number of halogens is 1. The zero-order valence-electron chi connectivity index (χ0n) is 13.8. The third kappa shape index (κ3) is 5.27. The molecule has 0 aliphatic carbocycles. The minimum atomic E-state index is -1.01. The molecule has 0 aliphatic rings. The van der Waals surface area contributed by atoms with Crippen LogP contribution in [0.15, 0.2) is 36.4 Å². The van der Waals surface area contributed by atoms with Gasteiger partial charge in [-0.15, -0.1) is 0 Å². The van der Waals surface area contributed by atoms with Crippen molar-refractivity contribution < 1.29 is 24.5 Å². The first kappa shape index (κ1) is 18.9. The molecule has 0 atom stereocenters. The lowest BCUT2D eigenvalue weighted by molar-refractivity contribution is 0.0697. The number of nitrogens with one attached hydrogen (secondary N) is 1. The predicted molar refractivity (Wildman–Crippen MR) is 95.9 cm³/mol. The van der Waals surface area contributed by atoms with Crippen LogP contribution in [-0.2, 0) is 6.54 Å². The third-order valence-electron chi connectivity index (χ3n) is 3.35. The molecule has 0 aliphatic heterocycles. The number of aliphatic hydroxyl groups excluding tert-OH is 1. The van der Waals surface area contributed by atoms with E-state index in [1.807, 2.05) is 19.1 Å². The van der Waals surface area contributed by atoms with E-state index in [0.717, 1.165) is 5.56 Å². The number of carbonyl (C=O) groups is 1. The maximum Gasteiger partial charge on any atom is 0.335 e. The third-order valence-corrected chi connectivity index (χ3v) is 3.68. The number of hydrogen-bond donors (Lipinski definition) is 3. The number of anilines is 1. The van der Waals surface area contributed by atoms with E-state index in [1.165, 1.54) is 12.1 Å². The van der Waals surface area contributed by atoms with Crippen molar-refractivity contribution in [1.29, 1.82) is 0 Å². The largest absolute Gasteiger partial charge is 0.490 e. The molecule has 7 heteroatoms. The van der Waals surface area contributed by atoms with E-state index in [1.54, 1.807) is 12.1 Å². The lowest BCUT2D eigenvalue weighted by Crippen LogP contribution is -2.06. The van der Waals surface area contributed by atoms with Crippen LogP contribution < -0.4 is 14.8 Å². The minimum Gasteiger partial charge on any atom is -0.490 e. The highest BCUT2D eigenvalue weighted by Gasteiger charge is 2.09. The SMILES string of the molecule is CCOc1cc(CNc2cc(C(=O)O)ccc2Cl)ccc1OCCO. The van der Waals surface area contributed by atoms with Crippen LogP contribution in [-0.4, -0.2) is 36.0 Å². The van der Waals surface area contributed by atoms with Crippen LogP contribution >= 0.6 is 11.6 Å². The Hall–Kier alpha value is -2.44. The van der Waals surface area contributed by atoms with E-state index in [9.17, 15) is 4.79 Å². The standard InChI is InChI=1S/C18H20ClNO5/c1-2-24-17-9-12(3-6-16(17)25-8-7-21)11-20-15-10-13(18(22)23)4-5-14(15)19/h3-6,9-10,20-21H,2,7-8,11H2,1H3,(H,22,23). The number of ether oxygens (including phenoxy) is 2.